The van der Waals surface area contributed by atoms with Gasteiger partial charge < -0.3 is 20.3 Å². The summed E-state index contributed by atoms with van der Waals surface area (Å²) in [6, 6.07) is 15.4. The van der Waals surface area contributed by atoms with Crippen LogP contribution in [0.1, 0.15) is 24.5 Å². The molecule has 1 fully saturated rings. The summed E-state index contributed by atoms with van der Waals surface area (Å²) in [5.74, 6) is 0.289. The van der Waals surface area contributed by atoms with Crippen molar-refractivity contribution < 1.29 is 14.3 Å². The van der Waals surface area contributed by atoms with E-state index in [4.69, 9.17) is 4.74 Å². The molecule has 1 unspecified atom stereocenters. The third-order valence-corrected chi connectivity index (χ3v) is 5.98. The molecular formula is C27H36N4O3. The third-order valence-electron chi connectivity index (χ3n) is 5.98. The van der Waals surface area contributed by atoms with Crippen LogP contribution in [0.2, 0.25) is 0 Å². The molecule has 2 aromatic rings. The summed E-state index contributed by atoms with van der Waals surface area (Å²) in [5, 5.41) is 5.63. The number of benzene rings is 2. The topological polar surface area (TPSA) is 73.9 Å². The second kappa shape index (κ2) is 12.8. The van der Waals surface area contributed by atoms with E-state index in [1.165, 1.54) is 17.3 Å². The molecule has 2 aromatic carbocycles. The molecule has 1 aliphatic rings. The summed E-state index contributed by atoms with van der Waals surface area (Å²) in [4.78, 5) is 29.3. The van der Waals surface area contributed by atoms with E-state index in [1.807, 2.05) is 24.3 Å². The monoisotopic (exact) mass is 464 g/mol. The van der Waals surface area contributed by atoms with Gasteiger partial charge in [0.2, 0.25) is 11.8 Å². The quantitative estimate of drug-likeness (QED) is 0.418. The minimum absolute atomic E-state index is 0.171. The normalized spacial score (nSPS) is 15.2. The predicted molar refractivity (Wildman–Crippen MR) is 137 cm³/mol. The van der Waals surface area contributed by atoms with Crippen LogP contribution in [0.15, 0.2) is 54.6 Å². The number of anilines is 1. The van der Waals surface area contributed by atoms with Gasteiger partial charge in [0.1, 0.15) is 11.8 Å². The van der Waals surface area contributed by atoms with Gasteiger partial charge in [-0.25, -0.2) is 0 Å². The molecule has 34 heavy (non-hydrogen) atoms. The molecule has 0 aliphatic carbocycles. The van der Waals surface area contributed by atoms with Gasteiger partial charge in [-0.1, -0.05) is 24.3 Å². The fraction of sp³-hybridized carbons (Fsp3) is 0.407. The molecule has 1 saturated heterocycles. The Balaban J connectivity index is 1.30. The van der Waals surface area contributed by atoms with E-state index in [-0.39, 0.29) is 11.8 Å². The Bertz CT molecular complexity index is 966. The first-order valence-electron chi connectivity index (χ1n) is 11.9. The first kappa shape index (κ1) is 25.3. The van der Waals surface area contributed by atoms with Gasteiger partial charge in [-0.3, -0.25) is 14.5 Å². The average molecular weight is 465 g/mol. The van der Waals surface area contributed by atoms with Crippen molar-refractivity contribution in [3.63, 3.8) is 0 Å². The summed E-state index contributed by atoms with van der Waals surface area (Å²) in [7, 11) is 1.61. The highest BCUT2D eigenvalue weighted by Crippen LogP contribution is 2.17. The smallest absolute Gasteiger partial charge is 0.244 e. The number of hydrogen-bond acceptors (Lipinski definition) is 5. The molecular weight excluding hydrogens is 428 g/mol. The van der Waals surface area contributed by atoms with Crippen molar-refractivity contribution in [1.29, 1.82) is 0 Å². The predicted octanol–water partition coefficient (Wildman–Crippen LogP) is 2.85. The van der Waals surface area contributed by atoms with Crippen LogP contribution in [-0.2, 0) is 9.59 Å². The molecule has 1 atom stereocenters. The lowest BCUT2D eigenvalue weighted by Crippen LogP contribution is -2.47. The number of carbonyl (C=O) groups is 2. The summed E-state index contributed by atoms with van der Waals surface area (Å²) >= 11 is 0. The van der Waals surface area contributed by atoms with Crippen LogP contribution in [0.4, 0.5) is 5.69 Å². The Labute approximate surface area is 202 Å². The van der Waals surface area contributed by atoms with Crippen LogP contribution in [0.5, 0.6) is 5.75 Å². The highest BCUT2D eigenvalue weighted by molar-refractivity contribution is 5.95. The zero-order chi connectivity index (χ0) is 24.3. The minimum Gasteiger partial charge on any atom is -0.497 e. The molecule has 0 aromatic heterocycles. The van der Waals surface area contributed by atoms with Gasteiger partial charge in [0, 0.05) is 44.5 Å². The summed E-state index contributed by atoms with van der Waals surface area (Å²) in [6.45, 7) is 9.44. The maximum atomic E-state index is 12.3. The zero-order valence-electron chi connectivity index (χ0n) is 20.4. The second-order valence-corrected chi connectivity index (χ2v) is 8.65. The fourth-order valence-electron chi connectivity index (χ4n) is 3.94. The SMILES string of the molecule is COc1ccc(/C=C/C(=O)NC(C)C(=O)NCCCN2CCN(c3cccc(C)c3)CC2)cc1. The fourth-order valence-corrected chi connectivity index (χ4v) is 3.94. The Morgan fingerprint density at radius 2 is 1.82 bits per heavy atom. The molecule has 182 valence electrons. The number of nitrogens with one attached hydrogen (secondary N) is 2. The molecule has 1 heterocycles. The van der Waals surface area contributed by atoms with Crippen molar-refractivity contribution in [2.24, 2.45) is 0 Å². The standard InChI is InChI=1S/C27H36N4O3/c1-21-6-4-7-24(20-21)31-18-16-30(17-19-31)15-5-14-28-27(33)22(2)29-26(32)13-10-23-8-11-25(34-3)12-9-23/h4,6-13,20,22H,5,14-19H2,1-3H3,(H,28,33)(H,29,32)/b13-10+. The Hall–Kier alpha value is -3.32. The van der Waals surface area contributed by atoms with Gasteiger partial charge in [-0.15, -0.1) is 0 Å². The van der Waals surface area contributed by atoms with Crippen molar-refractivity contribution in [3.8, 4) is 5.75 Å². The molecule has 2 amide bonds. The maximum Gasteiger partial charge on any atom is 0.244 e. The lowest BCUT2D eigenvalue weighted by molar-refractivity contribution is -0.126. The molecule has 3 rings (SSSR count). The molecule has 0 radical (unpaired) electrons. The minimum atomic E-state index is -0.592. The lowest BCUT2D eigenvalue weighted by Gasteiger charge is -2.36. The number of nitrogens with zero attached hydrogens (tertiary/aromatic N) is 2. The lowest BCUT2D eigenvalue weighted by atomic mass is 10.2. The first-order chi connectivity index (χ1) is 16.4. The molecule has 7 heteroatoms. The Kier molecular flexibility index (Phi) is 9.52. The van der Waals surface area contributed by atoms with E-state index in [2.05, 4.69) is 51.6 Å². The van der Waals surface area contributed by atoms with Crippen LogP contribution in [-0.4, -0.2) is 69.1 Å². The van der Waals surface area contributed by atoms with Crippen LogP contribution < -0.4 is 20.3 Å². The first-order valence-corrected chi connectivity index (χ1v) is 11.9. The van der Waals surface area contributed by atoms with Crippen molar-refractivity contribution >= 4 is 23.6 Å². The molecule has 0 bridgehead atoms. The van der Waals surface area contributed by atoms with E-state index in [0.29, 0.717) is 6.54 Å². The van der Waals surface area contributed by atoms with Crippen LogP contribution in [0.25, 0.3) is 6.08 Å². The Morgan fingerprint density at radius 3 is 2.50 bits per heavy atom. The maximum absolute atomic E-state index is 12.3. The van der Waals surface area contributed by atoms with E-state index < -0.39 is 6.04 Å². The van der Waals surface area contributed by atoms with Crippen molar-refractivity contribution in [3.05, 3.63) is 65.7 Å². The number of aryl methyl sites for hydroxylation is 1. The van der Waals surface area contributed by atoms with Crippen molar-refractivity contribution in [2.45, 2.75) is 26.3 Å². The Morgan fingerprint density at radius 1 is 1.09 bits per heavy atom. The van der Waals surface area contributed by atoms with E-state index in [9.17, 15) is 9.59 Å². The van der Waals surface area contributed by atoms with Gasteiger partial charge in [-0.05, 0) is 68.3 Å². The number of hydrogen-bond donors (Lipinski definition) is 2. The van der Waals surface area contributed by atoms with Crippen molar-refractivity contribution in [2.75, 3.05) is 51.3 Å². The summed E-state index contributed by atoms with van der Waals surface area (Å²) < 4.78 is 5.12. The van der Waals surface area contributed by atoms with Gasteiger partial charge in [0.05, 0.1) is 7.11 Å². The van der Waals surface area contributed by atoms with Crippen LogP contribution >= 0.6 is 0 Å². The highest BCUT2D eigenvalue weighted by atomic mass is 16.5. The number of piperazine rings is 1. The summed E-state index contributed by atoms with van der Waals surface area (Å²) in [6.07, 6.45) is 4.02. The van der Waals surface area contributed by atoms with Gasteiger partial charge >= 0.3 is 0 Å². The van der Waals surface area contributed by atoms with E-state index in [1.54, 1.807) is 20.1 Å². The molecule has 7 nitrogen and oxygen atoms in total. The third kappa shape index (κ3) is 7.92. The average Bonchev–Trinajstić information content (AvgIpc) is 2.86. The highest BCUT2D eigenvalue weighted by Gasteiger charge is 2.17. The number of ether oxygens (including phenoxy) is 1. The molecule has 2 N–H and O–H groups in total. The van der Waals surface area contributed by atoms with Crippen LogP contribution in [0.3, 0.4) is 0 Å². The second-order valence-electron chi connectivity index (χ2n) is 8.65. The van der Waals surface area contributed by atoms with Gasteiger partial charge in [0.25, 0.3) is 0 Å². The van der Waals surface area contributed by atoms with Gasteiger partial charge in [0.15, 0.2) is 0 Å². The molecule has 0 spiro atoms. The number of methoxy groups -OCH3 is 1. The van der Waals surface area contributed by atoms with E-state index in [0.717, 1.165) is 50.5 Å². The number of carbonyl (C=O) groups excluding carboxylic acids is 2. The zero-order valence-corrected chi connectivity index (χ0v) is 20.4. The van der Waals surface area contributed by atoms with Crippen LogP contribution in [0, 0.1) is 6.92 Å². The summed E-state index contributed by atoms with van der Waals surface area (Å²) in [5.41, 5.74) is 3.46. The molecule has 1 aliphatic heterocycles. The van der Waals surface area contributed by atoms with Gasteiger partial charge in [-0.2, -0.15) is 0 Å². The molecule has 0 saturated carbocycles. The van der Waals surface area contributed by atoms with E-state index >= 15 is 0 Å². The number of amides is 2. The largest absolute Gasteiger partial charge is 0.497 e. The van der Waals surface area contributed by atoms with Crippen molar-refractivity contribution in [1.82, 2.24) is 15.5 Å². The number of rotatable bonds is 10.